The van der Waals surface area contributed by atoms with Gasteiger partial charge in [0.15, 0.2) is 0 Å². The fourth-order valence-electron chi connectivity index (χ4n) is 14.8. The van der Waals surface area contributed by atoms with Crippen molar-refractivity contribution in [1.29, 1.82) is 0 Å². The smallest absolute Gasteiger partial charge is 0.0538 e. The zero-order chi connectivity index (χ0) is 53.8. The minimum absolute atomic E-state index is 0.938. The molecule has 8 aromatic carbocycles. The number of aromatic nitrogens is 4. The molecule has 0 bridgehead atoms. The SMILES string of the molecule is C1=CC(c2ccc3c(c2)c2cc(-c4ccccc4)ccc2n3C2=Cc3c(c4ccccc4n3C3=CC=C(n4c5c(c6c4C=C(n4c7ccc(-c8ccccc8)cc7c7cc(-c8ccccc8)ccc74)CC6)CCC=C5)CC3)CC2)=CCC1. The second-order valence-corrected chi connectivity index (χ2v) is 23.1. The molecule has 0 saturated heterocycles. The van der Waals surface area contributed by atoms with Crippen LogP contribution in [0, 0.1) is 0 Å². The van der Waals surface area contributed by atoms with Crippen LogP contribution in [-0.2, 0) is 19.3 Å². The van der Waals surface area contributed by atoms with E-state index >= 15 is 0 Å². The molecule has 0 amide bonds. The molecule has 0 spiro atoms. The molecule has 4 nitrogen and oxygen atoms in total. The number of benzene rings is 8. The Hall–Kier alpha value is -9.64. The second-order valence-electron chi connectivity index (χ2n) is 23.1. The van der Waals surface area contributed by atoms with Crippen molar-refractivity contribution in [2.45, 2.75) is 64.2 Å². The Morgan fingerprint density at radius 2 is 0.707 bits per heavy atom. The van der Waals surface area contributed by atoms with Gasteiger partial charge in [0.05, 0.1) is 39.0 Å². The summed E-state index contributed by atoms with van der Waals surface area (Å²) in [6, 6.07) is 70.2. The van der Waals surface area contributed by atoms with Crippen molar-refractivity contribution in [3.8, 4) is 33.4 Å². The fourth-order valence-corrected chi connectivity index (χ4v) is 14.8. The third kappa shape index (κ3) is 7.51. The quantitative estimate of drug-likeness (QED) is 0.145. The van der Waals surface area contributed by atoms with Gasteiger partial charge in [-0.05, 0) is 210 Å². The van der Waals surface area contributed by atoms with Crippen LogP contribution in [0.3, 0.4) is 0 Å². The van der Waals surface area contributed by atoms with Crippen LogP contribution < -0.4 is 0 Å². The molecule has 0 saturated carbocycles. The molecule has 4 aromatic heterocycles. The fraction of sp³-hybridized carbons (Fsp3) is 0.128. The van der Waals surface area contributed by atoms with Gasteiger partial charge in [0.2, 0.25) is 0 Å². The summed E-state index contributed by atoms with van der Waals surface area (Å²) in [5.74, 6) is 0. The predicted octanol–water partition coefficient (Wildman–Crippen LogP) is 20.4. The third-order valence-electron chi connectivity index (χ3n) is 18.6. The lowest BCUT2D eigenvalue weighted by Crippen LogP contribution is -2.11. The average molecular weight is 1050 g/mol. The van der Waals surface area contributed by atoms with Crippen LogP contribution in [0.4, 0.5) is 0 Å². The van der Waals surface area contributed by atoms with Crippen molar-refractivity contribution in [1.82, 2.24) is 18.3 Å². The zero-order valence-corrected chi connectivity index (χ0v) is 46.0. The van der Waals surface area contributed by atoms with E-state index in [1.165, 1.54) is 156 Å². The number of rotatable bonds is 8. The second kappa shape index (κ2) is 19.0. The van der Waals surface area contributed by atoms with Gasteiger partial charge in [0.1, 0.15) is 0 Å². The normalized spacial score (nSPS) is 15.8. The average Bonchev–Trinajstić information content (AvgIpc) is 3.43. The van der Waals surface area contributed by atoms with Crippen LogP contribution in [0.15, 0.2) is 225 Å². The summed E-state index contributed by atoms with van der Waals surface area (Å²) in [5, 5.41) is 6.56. The van der Waals surface area contributed by atoms with E-state index in [2.05, 4.69) is 261 Å². The molecular weight excluding hydrogens is 993 g/mol. The van der Waals surface area contributed by atoms with Crippen molar-refractivity contribution in [2.24, 2.45) is 0 Å². The molecule has 0 aliphatic heterocycles. The van der Waals surface area contributed by atoms with Crippen molar-refractivity contribution < 1.29 is 0 Å². The first-order chi connectivity index (χ1) is 40.7. The summed E-state index contributed by atoms with van der Waals surface area (Å²) in [7, 11) is 0. The molecule has 5 aliphatic carbocycles. The summed E-state index contributed by atoms with van der Waals surface area (Å²) in [6.45, 7) is 0. The molecule has 0 radical (unpaired) electrons. The maximum atomic E-state index is 2.65. The topological polar surface area (TPSA) is 19.7 Å². The molecule has 5 aliphatic rings. The lowest BCUT2D eigenvalue weighted by Gasteiger charge is -2.24. The molecule has 0 atom stereocenters. The highest BCUT2D eigenvalue weighted by atomic mass is 15.1. The molecule has 0 unspecified atom stereocenters. The van der Waals surface area contributed by atoms with Gasteiger partial charge < -0.3 is 18.3 Å². The van der Waals surface area contributed by atoms with Crippen molar-refractivity contribution >= 4 is 101 Å². The number of nitrogens with zero attached hydrogens (tertiary/aromatic N) is 4. The van der Waals surface area contributed by atoms with Gasteiger partial charge in [-0.25, -0.2) is 0 Å². The standard InChI is InChI=1S/C78H60N4/c1-5-17-51(18-6-1)55-29-41-73-67(45-55)68-46-56(52-19-7-2-8-20-52)30-42-74(68)81(73)61-37-39-65-63-25-13-15-27-71(63)79(77(65)49-61)59-33-35-60(36-34-59)80-72-28-16-14-26-64(72)66-40-38-62(50-78(66)80)82-75-43-31-57(53-21-9-3-10-22-53)47-69(75)70-48-58(32-44-76(70)82)54-23-11-4-12-24-54/h1-3,5-11,14-24,26-33,35,41-50H,4,12-13,25,34,36-40H2. The molecule has 4 heteroatoms. The van der Waals surface area contributed by atoms with E-state index in [0.717, 1.165) is 64.2 Å². The number of aryl methyl sites for hydroxylation is 1. The van der Waals surface area contributed by atoms with Crippen LogP contribution in [0.5, 0.6) is 0 Å². The highest BCUT2D eigenvalue weighted by molar-refractivity contribution is 6.14. The molecule has 0 N–H and O–H groups in total. The summed E-state index contributed by atoms with van der Waals surface area (Å²) in [4.78, 5) is 0. The van der Waals surface area contributed by atoms with Crippen LogP contribution in [0.2, 0.25) is 0 Å². The first-order valence-corrected chi connectivity index (χ1v) is 29.7. The van der Waals surface area contributed by atoms with Crippen LogP contribution in [0.1, 0.15) is 84.3 Å². The Bertz CT molecular complexity index is 4780. The molecule has 0 fully saturated rings. The van der Waals surface area contributed by atoms with E-state index in [9.17, 15) is 0 Å². The predicted molar refractivity (Wildman–Crippen MR) is 348 cm³/mol. The zero-order valence-electron chi connectivity index (χ0n) is 46.0. The first kappa shape index (κ1) is 47.2. The van der Waals surface area contributed by atoms with Crippen LogP contribution in [0.25, 0.3) is 134 Å². The third-order valence-corrected chi connectivity index (χ3v) is 18.6. The maximum Gasteiger partial charge on any atom is 0.0538 e. The molecule has 12 aromatic rings. The lowest BCUT2D eigenvalue weighted by molar-refractivity contribution is 0.880. The largest absolute Gasteiger partial charge is 0.314 e. The van der Waals surface area contributed by atoms with Crippen molar-refractivity contribution in [3.63, 3.8) is 0 Å². The van der Waals surface area contributed by atoms with Gasteiger partial charge in [-0.3, -0.25) is 0 Å². The molecule has 392 valence electrons. The van der Waals surface area contributed by atoms with Gasteiger partial charge in [-0.15, -0.1) is 0 Å². The highest BCUT2D eigenvalue weighted by Crippen LogP contribution is 2.47. The van der Waals surface area contributed by atoms with E-state index in [-0.39, 0.29) is 0 Å². The Labute approximate surface area is 478 Å². The number of hydrogen-bond acceptors (Lipinski definition) is 0. The number of fused-ring (bicyclic) bond motifs is 12. The lowest BCUT2D eigenvalue weighted by atomic mass is 9.93. The van der Waals surface area contributed by atoms with Gasteiger partial charge >= 0.3 is 0 Å². The molecule has 4 heterocycles. The summed E-state index contributed by atoms with van der Waals surface area (Å²) in [6.07, 6.45) is 32.1. The van der Waals surface area contributed by atoms with E-state index in [1.807, 2.05) is 0 Å². The van der Waals surface area contributed by atoms with Crippen LogP contribution >= 0.6 is 0 Å². The summed E-state index contributed by atoms with van der Waals surface area (Å²) < 4.78 is 10.4. The van der Waals surface area contributed by atoms with E-state index in [1.54, 1.807) is 0 Å². The van der Waals surface area contributed by atoms with E-state index in [4.69, 9.17) is 0 Å². The van der Waals surface area contributed by atoms with E-state index < -0.39 is 0 Å². The Morgan fingerprint density at radius 3 is 1.24 bits per heavy atom. The monoisotopic (exact) mass is 1050 g/mol. The Morgan fingerprint density at radius 1 is 0.268 bits per heavy atom. The van der Waals surface area contributed by atoms with Gasteiger partial charge in [-0.1, -0.05) is 158 Å². The van der Waals surface area contributed by atoms with Gasteiger partial charge in [0, 0.05) is 55.4 Å². The van der Waals surface area contributed by atoms with Gasteiger partial charge in [0.25, 0.3) is 0 Å². The van der Waals surface area contributed by atoms with Crippen molar-refractivity contribution in [2.75, 3.05) is 0 Å². The Kier molecular flexibility index (Phi) is 10.9. The number of hydrogen-bond donors (Lipinski definition) is 0. The Balaban J connectivity index is 0.791. The van der Waals surface area contributed by atoms with Gasteiger partial charge in [-0.2, -0.15) is 0 Å². The summed E-state index contributed by atoms with van der Waals surface area (Å²) >= 11 is 0. The molecule has 82 heavy (non-hydrogen) atoms. The molecular formula is C78H60N4. The molecule has 17 rings (SSSR count). The van der Waals surface area contributed by atoms with Crippen molar-refractivity contribution in [3.05, 3.63) is 264 Å². The first-order valence-electron chi connectivity index (χ1n) is 29.7. The minimum Gasteiger partial charge on any atom is -0.314 e. The minimum atomic E-state index is 0.938. The number of allylic oxidation sites excluding steroid dienone is 11. The van der Waals surface area contributed by atoms with E-state index in [0.29, 0.717) is 0 Å². The maximum absolute atomic E-state index is 2.65. The highest BCUT2D eigenvalue weighted by Gasteiger charge is 2.30. The number of para-hydroxylation sites is 1. The summed E-state index contributed by atoms with van der Waals surface area (Å²) in [5.41, 5.74) is 30.4. The van der Waals surface area contributed by atoms with Crippen LogP contribution in [-0.4, -0.2) is 18.3 Å².